The molecular weight excluding hydrogens is 358 g/mol. The topological polar surface area (TPSA) is 45.8 Å². The number of nitrogens with zero attached hydrogens (tertiary/aromatic N) is 1. The molecule has 0 saturated carbocycles. The van der Waals surface area contributed by atoms with E-state index >= 15 is 0 Å². The summed E-state index contributed by atoms with van der Waals surface area (Å²) < 4.78 is 10.5. The van der Waals surface area contributed by atoms with Crippen molar-refractivity contribution in [3.8, 4) is 5.75 Å². The van der Waals surface area contributed by atoms with Crippen molar-refractivity contribution in [1.29, 1.82) is 0 Å². The van der Waals surface area contributed by atoms with Gasteiger partial charge in [-0.3, -0.25) is 0 Å². The first-order valence-electron chi connectivity index (χ1n) is 9.61. The third-order valence-corrected chi connectivity index (χ3v) is 5.28. The Kier molecular flexibility index (Phi) is 7.48. The van der Waals surface area contributed by atoms with E-state index < -0.39 is 0 Å². The lowest BCUT2D eigenvalue weighted by molar-refractivity contribution is 0.150. The molecule has 5 nitrogen and oxygen atoms in total. The monoisotopic (exact) mass is 393 g/mol. The zero-order valence-electron chi connectivity index (χ0n) is 17.6. The molecule has 1 fully saturated rings. The maximum absolute atomic E-state index is 5.78. The standard InChI is InChI=1S/C21H35N3O2S/c1-20(2)13-17(14-21(3,4)23-20)22-19(27)24(11-12-25-5)15-16-7-9-18(26-6)10-8-16/h7-10,17,23H,11-15H2,1-6H3,(H,22,27). The number of rotatable bonds is 7. The molecule has 152 valence electrons. The molecule has 27 heavy (non-hydrogen) atoms. The molecule has 1 saturated heterocycles. The molecule has 1 aliphatic heterocycles. The lowest BCUT2D eigenvalue weighted by atomic mass is 9.80. The number of piperidine rings is 1. The lowest BCUT2D eigenvalue weighted by Gasteiger charge is -2.47. The third kappa shape index (κ3) is 6.94. The quantitative estimate of drug-likeness (QED) is 0.693. The van der Waals surface area contributed by atoms with Crippen LogP contribution >= 0.6 is 12.2 Å². The van der Waals surface area contributed by atoms with Gasteiger partial charge < -0.3 is 25.0 Å². The van der Waals surface area contributed by atoms with Gasteiger partial charge in [-0.25, -0.2) is 0 Å². The van der Waals surface area contributed by atoms with Gasteiger partial charge in [-0.2, -0.15) is 0 Å². The highest BCUT2D eigenvalue weighted by Gasteiger charge is 2.38. The molecule has 0 atom stereocenters. The molecule has 2 N–H and O–H groups in total. The van der Waals surface area contributed by atoms with Crippen molar-refractivity contribution in [1.82, 2.24) is 15.5 Å². The second-order valence-electron chi connectivity index (χ2n) is 8.71. The fourth-order valence-corrected chi connectivity index (χ4v) is 4.42. The predicted molar refractivity (Wildman–Crippen MR) is 115 cm³/mol. The van der Waals surface area contributed by atoms with Crippen molar-refractivity contribution in [2.45, 2.75) is 64.2 Å². The third-order valence-electron chi connectivity index (χ3n) is 4.90. The Balaban J connectivity index is 2.04. The zero-order valence-corrected chi connectivity index (χ0v) is 18.4. The summed E-state index contributed by atoms with van der Waals surface area (Å²) in [7, 11) is 3.40. The van der Waals surface area contributed by atoms with Crippen LogP contribution in [-0.2, 0) is 11.3 Å². The van der Waals surface area contributed by atoms with Gasteiger partial charge in [0.15, 0.2) is 5.11 Å². The van der Waals surface area contributed by atoms with E-state index in [1.165, 1.54) is 5.56 Å². The number of thiocarbonyl (C=S) groups is 1. The number of benzene rings is 1. The molecule has 1 aromatic rings. The highest BCUT2D eigenvalue weighted by molar-refractivity contribution is 7.80. The predicted octanol–water partition coefficient (Wildman–Crippen LogP) is 3.33. The van der Waals surface area contributed by atoms with Crippen LogP contribution in [0.5, 0.6) is 5.75 Å². The molecule has 0 spiro atoms. The lowest BCUT2D eigenvalue weighted by Crippen LogP contribution is -2.63. The van der Waals surface area contributed by atoms with Gasteiger partial charge in [0, 0.05) is 37.3 Å². The van der Waals surface area contributed by atoms with Crippen LogP contribution in [0.2, 0.25) is 0 Å². The molecule has 1 aliphatic rings. The van der Waals surface area contributed by atoms with Gasteiger partial charge in [0.2, 0.25) is 0 Å². The van der Waals surface area contributed by atoms with E-state index in [4.69, 9.17) is 21.7 Å². The van der Waals surface area contributed by atoms with Crippen molar-refractivity contribution >= 4 is 17.3 Å². The SMILES string of the molecule is COCCN(Cc1ccc(OC)cc1)C(=S)NC1CC(C)(C)NC(C)(C)C1. The molecule has 0 amide bonds. The summed E-state index contributed by atoms with van der Waals surface area (Å²) in [5.41, 5.74) is 1.37. The molecule has 0 radical (unpaired) electrons. The van der Waals surface area contributed by atoms with Gasteiger partial charge in [0.05, 0.1) is 13.7 Å². The van der Waals surface area contributed by atoms with Gasteiger partial charge in [-0.05, 0) is 70.5 Å². The molecule has 0 unspecified atom stereocenters. The minimum Gasteiger partial charge on any atom is -0.497 e. The van der Waals surface area contributed by atoms with Crippen molar-refractivity contribution < 1.29 is 9.47 Å². The van der Waals surface area contributed by atoms with Crippen LogP contribution in [0, 0.1) is 0 Å². The molecule has 6 heteroatoms. The summed E-state index contributed by atoms with van der Waals surface area (Å²) >= 11 is 5.78. The first-order valence-corrected chi connectivity index (χ1v) is 10.0. The Morgan fingerprint density at radius 3 is 2.26 bits per heavy atom. The molecule has 2 rings (SSSR count). The van der Waals surface area contributed by atoms with Crippen molar-refractivity contribution in [2.24, 2.45) is 0 Å². The summed E-state index contributed by atoms with van der Waals surface area (Å²) in [5, 5.41) is 8.13. The summed E-state index contributed by atoms with van der Waals surface area (Å²) in [6, 6.07) is 8.48. The zero-order chi connectivity index (χ0) is 20.1. The minimum atomic E-state index is 0.0857. The Morgan fingerprint density at radius 2 is 1.74 bits per heavy atom. The molecule has 1 aromatic carbocycles. The van der Waals surface area contributed by atoms with E-state index in [1.807, 2.05) is 12.1 Å². The number of methoxy groups -OCH3 is 2. The Bertz CT molecular complexity index is 600. The highest BCUT2D eigenvalue weighted by atomic mass is 32.1. The van der Waals surface area contributed by atoms with Crippen LogP contribution in [0.15, 0.2) is 24.3 Å². The van der Waals surface area contributed by atoms with Crippen molar-refractivity contribution in [3.63, 3.8) is 0 Å². The first-order chi connectivity index (χ1) is 12.6. The number of nitrogens with one attached hydrogen (secondary N) is 2. The average Bonchev–Trinajstić information content (AvgIpc) is 2.56. The van der Waals surface area contributed by atoms with E-state index in [9.17, 15) is 0 Å². The summed E-state index contributed by atoms with van der Waals surface area (Å²) in [5.74, 6) is 0.863. The number of hydrogen-bond donors (Lipinski definition) is 2. The van der Waals surface area contributed by atoms with Crippen LogP contribution in [-0.4, -0.2) is 54.5 Å². The Labute approximate surface area is 169 Å². The van der Waals surface area contributed by atoms with Gasteiger partial charge in [0.1, 0.15) is 5.75 Å². The van der Waals surface area contributed by atoms with E-state index in [2.05, 4.69) is 55.4 Å². The van der Waals surface area contributed by atoms with Crippen LogP contribution in [0.1, 0.15) is 46.1 Å². The maximum atomic E-state index is 5.78. The maximum Gasteiger partial charge on any atom is 0.169 e. The fraction of sp³-hybridized carbons (Fsp3) is 0.667. The van der Waals surface area contributed by atoms with E-state index in [-0.39, 0.29) is 11.1 Å². The number of ether oxygens (including phenoxy) is 2. The fourth-order valence-electron chi connectivity index (χ4n) is 4.10. The minimum absolute atomic E-state index is 0.0857. The van der Waals surface area contributed by atoms with Crippen molar-refractivity contribution in [2.75, 3.05) is 27.4 Å². The molecule has 1 heterocycles. The first kappa shape index (κ1) is 21.9. The van der Waals surface area contributed by atoms with Crippen LogP contribution < -0.4 is 15.4 Å². The average molecular weight is 394 g/mol. The van der Waals surface area contributed by atoms with Crippen LogP contribution in [0.25, 0.3) is 0 Å². The summed E-state index contributed by atoms with van der Waals surface area (Å²) in [6.45, 7) is 11.2. The van der Waals surface area contributed by atoms with E-state index in [0.29, 0.717) is 12.6 Å². The highest BCUT2D eigenvalue weighted by Crippen LogP contribution is 2.28. The van der Waals surface area contributed by atoms with Gasteiger partial charge in [-0.1, -0.05) is 12.1 Å². The number of hydrogen-bond acceptors (Lipinski definition) is 4. The second kappa shape index (κ2) is 9.22. The smallest absolute Gasteiger partial charge is 0.169 e. The van der Waals surface area contributed by atoms with E-state index in [1.54, 1.807) is 14.2 Å². The van der Waals surface area contributed by atoms with Crippen LogP contribution in [0.4, 0.5) is 0 Å². The van der Waals surface area contributed by atoms with Gasteiger partial charge in [0.25, 0.3) is 0 Å². The van der Waals surface area contributed by atoms with Crippen molar-refractivity contribution in [3.05, 3.63) is 29.8 Å². The summed E-state index contributed by atoms with van der Waals surface area (Å²) in [4.78, 5) is 2.18. The summed E-state index contributed by atoms with van der Waals surface area (Å²) in [6.07, 6.45) is 2.08. The molecule has 0 bridgehead atoms. The normalized spacial score (nSPS) is 18.7. The van der Waals surface area contributed by atoms with Crippen LogP contribution in [0.3, 0.4) is 0 Å². The Morgan fingerprint density at radius 1 is 1.15 bits per heavy atom. The van der Waals surface area contributed by atoms with Gasteiger partial charge in [-0.15, -0.1) is 0 Å². The largest absolute Gasteiger partial charge is 0.497 e. The molecular formula is C21H35N3O2S. The molecule has 0 aromatic heterocycles. The molecule has 0 aliphatic carbocycles. The van der Waals surface area contributed by atoms with E-state index in [0.717, 1.165) is 36.8 Å². The van der Waals surface area contributed by atoms with Gasteiger partial charge >= 0.3 is 0 Å². The second-order valence-corrected chi connectivity index (χ2v) is 9.10. The Hall–Kier alpha value is -1.37.